The van der Waals surface area contributed by atoms with Gasteiger partial charge in [0.05, 0.1) is 12.4 Å². The van der Waals surface area contributed by atoms with E-state index < -0.39 is 23.8 Å². The van der Waals surface area contributed by atoms with Crippen molar-refractivity contribution in [1.29, 1.82) is 0 Å². The summed E-state index contributed by atoms with van der Waals surface area (Å²) in [7, 11) is 2.85. The summed E-state index contributed by atoms with van der Waals surface area (Å²) in [5.41, 5.74) is 1.54. The van der Waals surface area contributed by atoms with E-state index in [9.17, 15) is 19.2 Å². The van der Waals surface area contributed by atoms with Gasteiger partial charge in [0.25, 0.3) is 11.5 Å². The number of fused-ring (bicyclic) bond motifs is 2. The zero-order valence-electron chi connectivity index (χ0n) is 17.3. The molecule has 0 saturated heterocycles. The van der Waals surface area contributed by atoms with Gasteiger partial charge in [0, 0.05) is 14.1 Å². The molecule has 1 N–H and O–H groups in total. The number of ether oxygens (including phenoxy) is 1. The Hall–Kier alpha value is -3.69. The Kier molecular flexibility index (Phi) is 5.45. The normalized spacial score (nSPS) is 15.5. The van der Waals surface area contributed by atoms with Crippen LogP contribution in [0.1, 0.15) is 30.0 Å². The van der Waals surface area contributed by atoms with Crippen LogP contribution in [-0.2, 0) is 41.4 Å². The van der Waals surface area contributed by atoms with Gasteiger partial charge in [-0.1, -0.05) is 24.3 Å². The molecule has 1 aromatic carbocycles. The molecule has 162 valence electrons. The number of nitrogens with one attached hydrogen (secondary N) is 1. The fourth-order valence-electron chi connectivity index (χ4n) is 3.99. The maximum atomic E-state index is 12.4. The van der Waals surface area contributed by atoms with E-state index >= 15 is 0 Å². The summed E-state index contributed by atoms with van der Waals surface area (Å²) in [6.45, 7) is -0.718. The maximum Gasteiger partial charge on any atom is 0.332 e. The SMILES string of the molecule is Cn1c(=O)c2c(ncn2CC(=O)OCC(=O)N[C@H]2CCCc3ccccc32)n(C)c1=O. The van der Waals surface area contributed by atoms with Crippen molar-refractivity contribution in [3.05, 3.63) is 62.6 Å². The fraction of sp³-hybridized carbons (Fsp3) is 0.381. The van der Waals surface area contributed by atoms with Crippen LogP contribution >= 0.6 is 0 Å². The van der Waals surface area contributed by atoms with Crippen LogP contribution in [0.3, 0.4) is 0 Å². The lowest BCUT2D eigenvalue weighted by atomic mass is 9.88. The first-order chi connectivity index (χ1) is 14.9. The summed E-state index contributed by atoms with van der Waals surface area (Å²) >= 11 is 0. The van der Waals surface area contributed by atoms with E-state index in [4.69, 9.17) is 4.74 Å². The highest BCUT2D eigenvalue weighted by molar-refractivity contribution is 5.81. The van der Waals surface area contributed by atoms with Gasteiger partial charge in [0.1, 0.15) is 6.54 Å². The van der Waals surface area contributed by atoms with Crippen LogP contribution < -0.4 is 16.6 Å². The highest BCUT2D eigenvalue weighted by Crippen LogP contribution is 2.29. The lowest BCUT2D eigenvalue weighted by Crippen LogP contribution is -2.38. The Morgan fingerprint density at radius 2 is 1.97 bits per heavy atom. The molecule has 0 fully saturated rings. The molecule has 10 heteroatoms. The topological polar surface area (TPSA) is 117 Å². The number of hydrogen-bond donors (Lipinski definition) is 1. The van der Waals surface area contributed by atoms with E-state index in [1.807, 2.05) is 18.2 Å². The monoisotopic (exact) mass is 425 g/mol. The Bertz CT molecular complexity index is 1290. The summed E-state index contributed by atoms with van der Waals surface area (Å²) in [6.07, 6.45) is 4.10. The summed E-state index contributed by atoms with van der Waals surface area (Å²) in [4.78, 5) is 53.1. The lowest BCUT2D eigenvalue weighted by molar-refractivity contribution is -0.149. The van der Waals surface area contributed by atoms with Crippen molar-refractivity contribution in [2.45, 2.75) is 31.8 Å². The molecule has 31 heavy (non-hydrogen) atoms. The van der Waals surface area contributed by atoms with Gasteiger partial charge in [-0.2, -0.15) is 0 Å². The van der Waals surface area contributed by atoms with E-state index in [1.165, 1.54) is 35.1 Å². The molecule has 10 nitrogen and oxygen atoms in total. The van der Waals surface area contributed by atoms with Crippen LogP contribution in [-0.4, -0.2) is 37.2 Å². The number of rotatable bonds is 5. The Morgan fingerprint density at radius 3 is 2.77 bits per heavy atom. The van der Waals surface area contributed by atoms with Gasteiger partial charge in [-0.05, 0) is 30.4 Å². The van der Waals surface area contributed by atoms with Crippen molar-refractivity contribution < 1.29 is 14.3 Å². The van der Waals surface area contributed by atoms with Gasteiger partial charge in [0.15, 0.2) is 17.8 Å². The molecule has 0 unspecified atom stereocenters. The number of hydrogen-bond acceptors (Lipinski definition) is 6. The van der Waals surface area contributed by atoms with Crippen LogP contribution in [0.15, 0.2) is 40.2 Å². The number of aryl methyl sites for hydroxylation is 2. The number of benzene rings is 1. The number of aromatic nitrogens is 4. The third-order valence-electron chi connectivity index (χ3n) is 5.59. The third-order valence-corrected chi connectivity index (χ3v) is 5.59. The Labute approximate surface area is 177 Å². The molecule has 2 aromatic heterocycles. The molecular formula is C21H23N5O5. The van der Waals surface area contributed by atoms with Gasteiger partial charge in [-0.15, -0.1) is 0 Å². The molecule has 2 heterocycles. The molecular weight excluding hydrogens is 402 g/mol. The minimum atomic E-state index is -0.686. The predicted molar refractivity (Wildman–Crippen MR) is 111 cm³/mol. The summed E-state index contributed by atoms with van der Waals surface area (Å²) < 4.78 is 8.59. The molecule has 1 aliphatic carbocycles. The van der Waals surface area contributed by atoms with Crippen molar-refractivity contribution >= 4 is 23.0 Å². The number of amides is 1. The van der Waals surface area contributed by atoms with Gasteiger partial charge in [0.2, 0.25) is 0 Å². The summed E-state index contributed by atoms with van der Waals surface area (Å²) in [5, 5.41) is 2.92. The molecule has 1 atom stereocenters. The average molecular weight is 425 g/mol. The molecule has 0 bridgehead atoms. The Morgan fingerprint density at radius 1 is 1.19 bits per heavy atom. The molecule has 0 spiro atoms. The second kappa shape index (κ2) is 8.21. The van der Waals surface area contributed by atoms with Crippen LogP contribution in [0.4, 0.5) is 0 Å². The number of esters is 1. The van der Waals surface area contributed by atoms with E-state index in [0.29, 0.717) is 0 Å². The second-order valence-electron chi connectivity index (χ2n) is 7.62. The van der Waals surface area contributed by atoms with Crippen LogP contribution in [0.25, 0.3) is 11.2 Å². The number of carbonyl (C=O) groups is 2. The summed E-state index contributed by atoms with van der Waals surface area (Å²) in [5.74, 6) is -1.07. The maximum absolute atomic E-state index is 12.4. The fourth-order valence-corrected chi connectivity index (χ4v) is 3.99. The van der Waals surface area contributed by atoms with E-state index in [1.54, 1.807) is 0 Å². The van der Waals surface area contributed by atoms with Crippen LogP contribution in [0, 0.1) is 0 Å². The third kappa shape index (κ3) is 3.88. The number of nitrogens with zero attached hydrogens (tertiary/aromatic N) is 4. The van der Waals surface area contributed by atoms with Crippen molar-refractivity contribution in [2.24, 2.45) is 14.1 Å². The highest BCUT2D eigenvalue weighted by atomic mass is 16.5. The standard InChI is InChI=1S/C21H23N5O5/c1-24-19-18(20(29)25(2)21(24)30)26(12-22-19)10-17(28)31-11-16(27)23-15-9-5-7-13-6-3-4-8-14(13)15/h3-4,6,8,12,15H,5,7,9-11H2,1-2H3,(H,23,27)/t15-/m0/s1. The molecule has 0 saturated carbocycles. The van der Waals surface area contributed by atoms with Crippen molar-refractivity contribution in [3.8, 4) is 0 Å². The smallest absolute Gasteiger partial charge is 0.332 e. The molecule has 0 aliphatic heterocycles. The number of imidazole rings is 1. The molecule has 3 aromatic rings. The van der Waals surface area contributed by atoms with E-state index in [-0.39, 0.29) is 29.7 Å². The number of carbonyl (C=O) groups excluding carboxylic acids is 2. The van der Waals surface area contributed by atoms with E-state index in [0.717, 1.165) is 29.4 Å². The van der Waals surface area contributed by atoms with Gasteiger partial charge in [-0.3, -0.25) is 23.5 Å². The van der Waals surface area contributed by atoms with Crippen molar-refractivity contribution in [3.63, 3.8) is 0 Å². The first kappa shape index (κ1) is 20.6. The van der Waals surface area contributed by atoms with E-state index in [2.05, 4.69) is 16.4 Å². The predicted octanol–water partition coefficient (Wildman–Crippen LogP) is 0.171. The average Bonchev–Trinajstić information content (AvgIpc) is 3.18. The lowest BCUT2D eigenvalue weighted by Gasteiger charge is -2.26. The largest absolute Gasteiger partial charge is 0.454 e. The minimum Gasteiger partial charge on any atom is -0.454 e. The Balaban J connectivity index is 1.40. The van der Waals surface area contributed by atoms with Crippen molar-refractivity contribution in [1.82, 2.24) is 24.0 Å². The molecule has 1 aliphatic rings. The molecule has 1 amide bonds. The zero-order chi connectivity index (χ0) is 22.1. The van der Waals surface area contributed by atoms with Crippen molar-refractivity contribution in [2.75, 3.05) is 6.61 Å². The van der Waals surface area contributed by atoms with Crippen LogP contribution in [0.5, 0.6) is 0 Å². The second-order valence-corrected chi connectivity index (χ2v) is 7.62. The van der Waals surface area contributed by atoms with Gasteiger partial charge >= 0.3 is 11.7 Å². The quantitative estimate of drug-likeness (QED) is 0.583. The zero-order valence-corrected chi connectivity index (χ0v) is 17.3. The summed E-state index contributed by atoms with van der Waals surface area (Å²) in [6, 6.07) is 7.89. The molecule has 4 rings (SSSR count). The first-order valence-electron chi connectivity index (χ1n) is 10.0. The minimum absolute atomic E-state index is 0.0990. The molecule has 0 radical (unpaired) electrons. The van der Waals surface area contributed by atoms with Gasteiger partial charge < -0.3 is 14.6 Å². The first-order valence-corrected chi connectivity index (χ1v) is 10.0. The van der Waals surface area contributed by atoms with Gasteiger partial charge in [-0.25, -0.2) is 9.78 Å². The van der Waals surface area contributed by atoms with Crippen LogP contribution in [0.2, 0.25) is 0 Å². The highest BCUT2D eigenvalue weighted by Gasteiger charge is 2.22.